The normalized spacial score (nSPS) is 21.9. The molecule has 3 rings (SSSR count). The van der Waals surface area contributed by atoms with Crippen LogP contribution < -0.4 is 5.32 Å². The molecule has 2 unspecified atom stereocenters. The lowest BCUT2D eigenvalue weighted by atomic mass is 9.97. The van der Waals surface area contributed by atoms with Crippen molar-refractivity contribution >= 4 is 5.82 Å². The van der Waals surface area contributed by atoms with E-state index >= 15 is 0 Å². The molecule has 4 nitrogen and oxygen atoms in total. The summed E-state index contributed by atoms with van der Waals surface area (Å²) in [5.41, 5.74) is 0.318. The molecule has 1 N–H and O–H groups in total. The summed E-state index contributed by atoms with van der Waals surface area (Å²) < 4.78 is 37.6. The first-order valence-electron chi connectivity index (χ1n) is 8.37. The number of halogens is 3. The average molecular weight is 350 g/mol. The molecule has 0 saturated carbocycles. The lowest BCUT2D eigenvalue weighted by molar-refractivity contribution is -0.141. The fourth-order valence-corrected chi connectivity index (χ4v) is 3.17. The Labute approximate surface area is 145 Å². The van der Waals surface area contributed by atoms with E-state index in [0.29, 0.717) is 11.9 Å². The Kier molecular flexibility index (Phi) is 5.22. The van der Waals surface area contributed by atoms with Gasteiger partial charge in [-0.05, 0) is 37.5 Å². The van der Waals surface area contributed by atoms with Crippen LogP contribution in [-0.2, 0) is 12.7 Å². The van der Waals surface area contributed by atoms with E-state index in [1.54, 1.807) is 0 Å². The second-order valence-corrected chi connectivity index (χ2v) is 6.47. The second kappa shape index (κ2) is 7.39. The van der Waals surface area contributed by atoms with Gasteiger partial charge in [0.25, 0.3) is 0 Å². The number of anilines is 1. The monoisotopic (exact) mass is 350 g/mol. The number of nitrogens with zero attached hydrogens (tertiary/aromatic N) is 3. The Balaban J connectivity index is 1.54. The van der Waals surface area contributed by atoms with Gasteiger partial charge in [0.15, 0.2) is 5.69 Å². The van der Waals surface area contributed by atoms with E-state index in [2.05, 4.69) is 39.5 Å². The molecule has 1 fully saturated rings. The third-order valence-electron chi connectivity index (χ3n) is 4.55. The van der Waals surface area contributed by atoms with Crippen LogP contribution in [0.15, 0.2) is 42.5 Å². The van der Waals surface area contributed by atoms with Gasteiger partial charge in [0.2, 0.25) is 0 Å². The molecule has 1 aliphatic rings. The number of piperidine rings is 1. The molecular formula is C18H21F3N4. The smallest absolute Gasteiger partial charge is 0.366 e. The Bertz CT molecular complexity index is 673. The maximum absolute atomic E-state index is 12.5. The summed E-state index contributed by atoms with van der Waals surface area (Å²) in [6.45, 7) is 4.02. The van der Waals surface area contributed by atoms with Gasteiger partial charge in [-0.15, -0.1) is 10.2 Å². The van der Waals surface area contributed by atoms with Crippen LogP contribution in [0.5, 0.6) is 0 Å². The zero-order chi connectivity index (χ0) is 17.9. The minimum atomic E-state index is -4.46. The van der Waals surface area contributed by atoms with Gasteiger partial charge in [-0.1, -0.05) is 30.3 Å². The Morgan fingerprint density at radius 3 is 2.48 bits per heavy atom. The molecule has 25 heavy (non-hydrogen) atoms. The van der Waals surface area contributed by atoms with Crippen molar-refractivity contribution in [3.63, 3.8) is 0 Å². The summed E-state index contributed by atoms with van der Waals surface area (Å²) in [6.07, 6.45) is -2.63. The number of benzene rings is 1. The van der Waals surface area contributed by atoms with Gasteiger partial charge in [-0.2, -0.15) is 13.2 Å². The highest BCUT2D eigenvalue weighted by molar-refractivity contribution is 5.35. The van der Waals surface area contributed by atoms with Crippen LogP contribution in [-0.4, -0.2) is 33.7 Å². The van der Waals surface area contributed by atoms with Crippen molar-refractivity contribution in [1.82, 2.24) is 15.1 Å². The van der Waals surface area contributed by atoms with Gasteiger partial charge >= 0.3 is 6.18 Å². The Hall–Kier alpha value is -2.15. The molecule has 0 bridgehead atoms. The average Bonchev–Trinajstić information content (AvgIpc) is 2.58. The number of alkyl halides is 3. The van der Waals surface area contributed by atoms with Gasteiger partial charge in [0.05, 0.1) is 0 Å². The predicted molar refractivity (Wildman–Crippen MR) is 90.0 cm³/mol. The number of aromatic nitrogens is 2. The summed E-state index contributed by atoms with van der Waals surface area (Å²) >= 11 is 0. The second-order valence-electron chi connectivity index (χ2n) is 6.47. The summed E-state index contributed by atoms with van der Waals surface area (Å²) in [7, 11) is 0. The topological polar surface area (TPSA) is 41.1 Å². The molecule has 1 aromatic carbocycles. The molecule has 0 aliphatic carbocycles. The van der Waals surface area contributed by atoms with E-state index in [1.807, 2.05) is 18.2 Å². The lowest BCUT2D eigenvalue weighted by Crippen LogP contribution is -2.44. The first-order chi connectivity index (χ1) is 11.9. The molecule has 2 heterocycles. The maximum atomic E-state index is 12.5. The minimum Gasteiger partial charge on any atom is -0.366 e. The van der Waals surface area contributed by atoms with Crippen LogP contribution in [0.4, 0.5) is 19.0 Å². The number of likely N-dealkylation sites (tertiary alicyclic amines) is 1. The maximum Gasteiger partial charge on any atom is 0.435 e. The number of nitrogens with one attached hydrogen (secondary N) is 1. The molecule has 0 radical (unpaired) electrons. The van der Waals surface area contributed by atoms with Crippen LogP contribution in [0.2, 0.25) is 0 Å². The lowest BCUT2D eigenvalue weighted by Gasteiger charge is -2.38. The van der Waals surface area contributed by atoms with Crippen LogP contribution in [0.1, 0.15) is 31.0 Å². The van der Waals surface area contributed by atoms with Crippen molar-refractivity contribution in [1.29, 1.82) is 0 Å². The van der Waals surface area contributed by atoms with E-state index in [1.165, 1.54) is 11.6 Å². The molecule has 0 amide bonds. The molecular weight excluding hydrogens is 329 g/mol. The van der Waals surface area contributed by atoms with E-state index in [4.69, 9.17) is 0 Å². The molecule has 1 aliphatic heterocycles. The minimum absolute atomic E-state index is 0.188. The van der Waals surface area contributed by atoms with Gasteiger partial charge < -0.3 is 5.32 Å². The van der Waals surface area contributed by atoms with Crippen LogP contribution in [0.25, 0.3) is 0 Å². The van der Waals surface area contributed by atoms with Crippen LogP contribution >= 0.6 is 0 Å². The third-order valence-corrected chi connectivity index (χ3v) is 4.55. The zero-order valence-corrected chi connectivity index (χ0v) is 14.0. The molecule has 2 atom stereocenters. The summed E-state index contributed by atoms with van der Waals surface area (Å²) in [4.78, 5) is 2.42. The third kappa shape index (κ3) is 4.69. The predicted octanol–water partition coefficient (Wildman–Crippen LogP) is 3.96. The van der Waals surface area contributed by atoms with Crippen LogP contribution in [0, 0.1) is 0 Å². The summed E-state index contributed by atoms with van der Waals surface area (Å²) in [6, 6.07) is 13.2. The molecule has 0 spiro atoms. The Morgan fingerprint density at radius 2 is 1.88 bits per heavy atom. The first kappa shape index (κ1) is 17.7. The largest absolute Gasteiger partial charge is 0.435 e. The van der Waals surface area contributed by atoms with Crippen molar-refractivity contribution in [2.24, 2.45) is 0 Å². The SMILES string of the molecule is CC1CC(Nc2ccc(C(F)(F)F)nn2)CCN1Cc1ccccc1. The Morgan fingerprint density at radius 1 is 1.12 bits per heavy atom. The van der Waals surface area contributed by atoms with E-state index in [9.17, 15) is 13.2 Å². The quantitative estimate of drug-likeness (QED) is 0.906. The highest BCUT2D eigenvalue weighted by Gasteiger charge is 2.33. The van der Waals surface area contributed by atoms with E-state index in [-0.39, 0.29) is 6.04 Å². The first-order valence-corrected chi connectivity index (χ1v) is 8.37. The van der Waals surface area contributed by atoms with Crippen molar-refractivity contribution in [3.05, 3.63) is 53.7 Å². The van der Waals surface area contributed by atoms with E-state index < -0.39 is 11.9 Å². The molecule has 2 aromatic rings. The highest BCUT2D eigenvalue weighted by Crippen LogP contribution is 2.27. The fourth-order valence-electron chi connectivity index (χ4n) is 3.17. The van der Waals surface area contributed by atoms with Gasteiger partial charge in [-0.3, -0.25) is 4.90 Å². The standard InChI is InChI=1S/C18H21F3N4/c1-13-11-15(9-10-25(13)12-14-5-3-2-4-6-14)22-17-8-7-16(23-24-17)18(19,20)21/h2-8,13,15H,9-12H2,1H3,(H,22,24). The summed E-state index contributed by atoms with van der Waals surface area (Å²) in [5, 5.41) is 10.1. The zero-order valence-electron chi connectivity index (χ0n) is 14.0. The van der Waals surface area contributed by atoms with Gasteiger partial charge in [-0.25, -0.2) is 0 Å². The van der Waals surface area contributed by atoms with E-state index in [0.717, 1.165) is 32.0 Å². The van der Waals surface area contributed by atoms with Crippen molar-refractivity contribution < 1.29 is 13.2 Å². The van der Waals surface area contributed by atoms with Crippen molar-refractivity contribution in [2.45, 2.75) is 44.6 Å². The highest BCUT2D eigenvalue weighted by atomic mass is 19.4. The molecule has 134 valence electrons. The van der Waals surface area contributed by atoms with Gasteiger partial charge in [0.1, 0.15) is 5.82 Å². The molecule has 1 aromatic heterocycles. The van der Waals surface area contributed by atoms with Crippen LogP contribution in [0.3, 0.4) is 0 Å². The van der Waals surface area contributed by atoms with Crippen molar-refractivity contribution in [2.75, 3.05) is 11.9 Å². The van der Waals surface area contributed by atoms with Crippen molar-refractivity contribution in [3.8, 4) is 0 Å². The number of rotatable bonds is 4. The molecule has 1 saturated heterocycles. The number of hydrogen-bond donors (Lipinski definition) is 1. The number of hydrogen-bond acceptors (Lipinski definition) is 4. The fraction of sp³-hybridized carbons (Fsp3) is 0.444. The van der Waals surface area contributed by atoms with Gasteiger partial charge in [0, 0.05) is 25.2 Å². The summed E-state index contributed by atoms with van der Waals surface area (Å²) in [5.74, 6) is 0.390. The molecule has 7 heteroatoms.